The molecule has 1 aliphatic rings. The second kappa shape index (κ2) is 10.5. The molecule has 0 saturated heterocycles. The molecule has 6 nitrogen and oxygen atoms in total. The number of rotatable bonds is 8. The van der Waals surface area contributed by atoms with Gasteiger partial charge in [-0.3, -0.25) is 14.4 Å². The zero-order chi connectivity index (χ0) is 19.6. The molecule has 1 aromatic carbocycles. The van der Waals surface area contributed by atoms with E-state index in [1.807, 2.05) is 0 Å². The number of allylic oxidation sites excluding steroid dienone is 1. The number of anilines is 2. The van der Waals surface area contributed by atoms with Gasteiger partial charge in [0.05, 0.1) is 0 Å². The third-order valence-corrected chi connectivity index (χ3v) is 4.61. The molecule has 0 bridgehead atoms. The first-order chi connectivity index (χ1) is 12.9. The van der Waals surface area contributed by atoms with E-state index in [9.17, 15) is 14.4 Å². The first-order valence-electron chi connectivity index (χ1n) is 9.55. The summed E-state index contributed by atoms with van der Waals surface area (Å²) in [5.41, 5.74) is 2.67. The van der Waals surface area contributed by atoms with Gasteiger partial charge in [0.25, 0.3) is 0 Å². The van der Waals surface area contributed by atoms with Crippen molar-refractivity contribution < 1.29 is 14.4 Å². The van der Waals surface area contributed by atoms with E-state index in [2.05, 4.69) is 16.7 Å². The Hall–Kier alpha value is -2.63. The lowest BCUT2D eigenvalue weighted by molar-refractivity contribution is -0.129. The topological polar surface area (TPSA) is 78.5 Å². The number of hydrogen-bond acceptors (Lipinski definition) is 3. The zero-order valence-electron chi connectivity index (χ0n) is 16.2. The van der Waals surface area contributed by atoms with Gasteiger partial charge in [0.2, 0.25) is 17.7 Å². The molecule has 27 heavy (non-hydrogen) atoms. The van der Waals surface area contributed by atoms with Crippen molar-refractivity contribution in [2.75, 3.05) is 23.7 Å². The summed E-state index contributed by atoms with van der Waals surface area (Å²) >= 11 is 0. The van der Waals surface area contributed by atoms with E-state index < -0.39 is 0 Å². The molecule has 0 radical (unpaired) electrons. The molecule has 6 heteroatoms. The van der Waals surface area contributed by atoms with Gasteiger partial charge in [-0.25, -0.2) is 0 Å². The number of nitrogens with zero attached hydrogens (tertiary/aromatic N) is 1. The van der Waals surface area contributed by atoms with Crippen LogP contribution in [0, 0.1) is 0 Å². The van der Waals surface area contributed by atoms with Crippen LogP contribution < -0.4 is 10.6 Å². The predicted molar refractivity (Wildman–Crippen MR) is 107 cm³/mol. The van der Waals surface area contributed by atoms with Crippen molar-refractivity contribution in [1.29, 1.82) is 0 Å². The van der Waals surface area contributed by atoms with Crippen molar-refractivity contribution in [2.45, 2.75) is 52.4 Å². The molecule has 2 N–H and O–H groups in total. The van der Waals surface area contributed by atoms with Crippen LogP contribution in [0.2, 0.25) is 0 Å². The monoisotopic (exact) mass is 371 g/mol. The van der Waals surface area contributed by atoms with Crippen molar-refractivity contribution in [3.8, 4) is 0 Å². The number of carbonyl (C=O) groups is 3. The van der Waals surface area contributed by atoms with Crippen LogP contribution in [0.15, 0.2) is 35.9 Å². The maximum absolute atomic E-state index is 12.2. The second-order valence-corrected chi connectivity index (χ2v) is 6.92. The van der Waals surface area contributed by atoms with Crippen LogP contribution in [0.3, 0.4) is 0 Å². The summed E-state index contributed by atoms with van der Waals surface area (Å²) in [6.45, 7) is 4.04. The molecule has 2 rings (SSSR count). The summed E-state index contributed by atoms with van der Waals surface area (Å²) in [7, 11) is 0. The van der Waals surface area contributed by atoms with Crippen LogP contribution in [0.4, 0.5) is 11.4 Å². The molecule has 146 valence electrons. The standard InChI is InChI=1S/C21H29N3O3/c1-16(25)22-19-9-6-10-20(15-19)23-21(27)12-14-24(17(2)26)13-11-18-7-4-3-5-8-18/h6-7,9-10,15H,3-5,8,11-14H2,1-2H3,(H,22,25)(H,23,27). The third-order valence-electron chi connectivity index (χ3n) is 4.61. The molecule has 0 fully saturated rings. The Labute approximate surface area is 161 Å². The average molecular weight is 371 g/mol. The van der Waals surface area contributed by atoms with Crippen molar-refractivity contribution in [3.63, 3.8) is 0 Å². The van der Waals surface area contributed by atoms with Crippen molar-refractivity contribution in [1.82, 2.24) is 4.90 Å². The highest BCUT2D eigenvalue weighted by Crippen LogP contribution is 2.20. The van der Waals surface area contributed by atoms with Crippen LogP contribution in [0.5, 0.6) is 0 Å². The lowest BCUT2D eigenvalue weighted by Crippen LogP contribution is -2.33. The molecule has 0 spiro atoms. The third kappa shape index (κ3) is 7.64. The van der Waals surface area contributed by atoms with Gasteiger partial charge >= 0.3 is 0 Å². The number of amides is 3. The van der Waals surface area contributed by atoms with Crippen molar-refractivity contribution >= 4 is 29.1 Å². The SMILES string of the molecule is CC(=O)Nc1cccc(NC(=O)CCN(CCC2=CCCCC2)C(C)=O)c1. The average Bonchev–Trinajstić information content (AvgIpc) is 2.62. The molecular formula is C21H29N3O3. The molecule has 3 amide bonds. The fourth-order valence-electron chi connectivity index (χ4n) is 3.17. The molecule has 1 aliphatic carbocycles. The van der Waals surface area contributed by atoms with E-state index in [1.165, 1.54) is 25.3 Å². The molecule has 0 atom stereocenters. The predicted octanol–water partition coefficient (Wildman–Crippen LogP) is 3.71. The quantitative estimate of drug-likeness (QED) is 0.684. The minimum Gasteiger partial charge on any atom is -0.342 e. The highest BCUT2D eigenvalue weighted by Gasteiger charge is 2.13. The summed E-state index contributed by atoms with van der Waals surface area (Å²) in [5.74, 6) is -0.325. The summed E-state index contributed by atoms with van der Waals surface area (Å²) in [6, 6.07) is 6.99. The second-order valence-electron chi connectivity index (χ2n) is 6.92. The highest BCUT2D eigenvalue weighted by molar-refractivity contribution is 5.93. The molecule has 0 aromatic heterocycles. The van der Waals surface area contributed by atoms with Gasteiger partial charge < -0.3 is 15.5 Å². The summed E-state index contributed by atoms with van der Waals surface area (Å²) < 4.78 is 0. The number of carbonyl (C=O) groups excluding carboxylic acids is 3. The minimum absolute atomic E-state index is 0.00753. The summed E-state index contributed by atoms with van der Waals surface area (Å²) in [5, 5.41) is 5.50. The lowest BCUT2D eigenvalue weighted by atomic mass is 9.97. The van der Waals surface area contributed by atoms with E-state index in [1.54, 1.807) is 36.1 Å². The Bertz CT molecular complexity index is 712. The first kappa shape index (κ1) is 20.7. The summed E-state index contributed by atoms with van der Waals surface area (Å²) in [6.07, 6.45) is 8.15. The van der Waals surface area contributed by atoms with E-state index >= 15 is 0 Å². The van der Waals surface area contributed by atoms with Gasteiger partial charge in [-0.2, -0.15) is 0 Å². The van der Waals surface area contributed by atoms with E-state index in [0.717, 1.165) is 19.3 Å². The van der Waals surface area contributed by atoms with Crippen molar-refractivity contribution in [2.24, 2.45) is 0 Å². The Balaban J connectivity index is 1.82. The number of nitrogens with one attached hydrogen (secondary N) is 2. The molecule has 0 aliphatic heterocycles. The largest absolute Gasteiger partial charge is 0.342 e. The molecule has 0 unspecified atom stereocenters. The maximum atomic E-state index is 12.2. The lowest BCUT2D eigenvalue weighted by Gasteiger charge is -2.22. The van der Waals surface area contributed by atoms with Gasteiger partial charge in [-0.15, -0.1) is 0 Å². The fourth-order valence-corrected chi connectivity index (χ4v) is 3.17. The van der Waals surface area contributed by atoms with E-state index in [4.69, 9.17) is 0 Å². The smallest absolute Gasteiger partial charge is 0.226 e. The maximum Gasteiger partial charge on any atom is 0.226 e. The zero-order valence-corrected chi connectivity index (χ0v) is 16.2. The van der Waals surface area contributed by atoms with Crippen LogP contribution in [0.25, 0.3) is 0 Å². The van der Waals surface area contributed by atoms with Gasteiger partial charge in [0.1, 0.15) is 0 Å². The highest BCUT2D eigenvalue weighted by atomic mass is 16.2. The van der Waals surface area contributed by atoms with Crippen LogP contribution in [0.1, 0.15) is 52.4 Å². The van der Waals surface area contributed by atoms with Crippen LogP contribution in [-0.2, 0) is 14.4 Å². The molecular weight excluding hydrogens is 342 g/mol. The first-order valence-corrected chi connectivity index (χ1v) is 9.55. The number of hydrogen-bond donors (Lipinski definition) is 2. The Morgan fingerprint density at radius 2 is 1.78 bits per heavy atom. The Morgan fingerprint density at radius 3 is 2.41 bits per heavy atom. The van der Waals surface area contributed by atoms with Gasteiger partial charge in [0.15, 0.2) is 0 Å². The molecule has 0 heterocycles. The van der Waals surface area contributed by atoms with Gasteiger partial charge in [-0.1, -0.05) is 17.7 Å². The van der Waals surface area contributed by atoms with Gasteiger partial charge in [-0.05, 0) is 50.3 Å². The fraction of sp³-hybridized carbons (Fsp3) is 0.476. The molecule has 0 saturated carbocycles. The Morgan fingerprint density at radius 1 is 1.04 bits per heavy atom. The van der Waals surface area contributed by atoms with Gasteiger partial charge in [0, 0.05) is 44.7 Å². The Kier molecular flexibility index (Phi) is 8.04. The van der Waals surface area contributed by atoms with E-state index in [-0.39, 0.29) is 24.1 Å². The van der Waals surface area contributed by atoms with Crippen molar-refractivity contribution in [3.05, 3.63) is 35.9 Å². The molecule has 1 aromatic rings. The normalized spacial score (nSPS) is 13.5. The van der Waals surface area contributed by atoms with E-state index in [0.29, 0.717) is 24.5 Å². The minimum atomic E-state index is -0.163. The van der Waals surface area contributed by atoms with Crippen LogP contribution >= 0.6 is 0 Å². The number of benzene rings is 1. The van der Waals surface area contributed by atoms with Crippen LogP contribution in [-0.4, -0.2) is 35.7 Å². The summed E-state index contributed by atoms with van der Waals surface area (Å²) in [4.78, 5) is 37.0.